The van der Waals surface area contributed by atoms with Crippen molar-refractivity contribution in [3.8, 4) is 6.07 Å². The zero-order valence-corrected chi connectivity index (χ0v) is 7.90. The van der Waals surface area contributed by atoms with E-state index in [1.54, 1.807) is 37.3 Å². The Balaban J connectivity index is 3.27. The summed E-state index contributed by atoms with van der Waals surface area (Å²) in [5, 5.41) is 18.0. The summed E-state index contributed by atoms with van der Waals surface area (Å²) in [6.45, 7) is 1.70. The van der Waals surface area contributed by atoms with Crippen molar-refractivity contribution in [1.82, 2.24) is 0 Å². The van der Waals surface area contributed by atoms with Crippen molar-refractivity contribution in [3.05, 3.63) is 35.9 Å². The Morgan fingerprint density at radius 1 is 1.50 bits per heavy atom. The molecule has 0 spiro atoms. The summed E-state index contributed by atoms with van der Waals surface area (Å²) in [4.78, 5) is 11.1. The van der Waals surface area contributed by atoms with Crippen LogP contribution in [0.2, 0.25) is 0 Å². The SMILES string of the molecule is CC[C@@](C#N)(C(=O)O)c1ccccc1. The number of benzene rings is 1. The number of aliphatic carboxylic acids is 1. The van der Waals surface area contributed by atoms with E-state index in [0.717, 1.165) is 0 Å². The standard InChI is InChI=1S/C11H11NO2/c1-2-11(8-12,10(13)14)9-6-4-3-5-7-9/h3-7H,2H2,1H3,(H,13,14)/t11-/m0/s1. The smallest absolute Gasteiger partial charge is 0.328 e. The topological polar surface area (TPSA) is 61.1 Å². The first-order chi connectivity index (χ1) is 6.67. The Morgan fingerprint density at radius 3 is 2.43 bits per heavy atom. The van der Waals surface area contributed by atoms with E-state index in [2.05, 4.69) is 0 Å². The molecule has 0 aromatic heterocycles. The fraction of sp³-hybridized carbons (Fsp3) is 0.273. The van der Waals surface area contributed by atoms with Crippen LogP contribution >= 0.6 is 0 Å². The Hall–Kier alpha value is -1.82. The molecule has 0 saturated carbocycles. The summed E-state index contributed by atoms with van der Waals surface area (Å²) in [7, 11) is 0. The lowest BCUT2D eigenvalue weighted by molar-refractivity contribution is -0.141. The summed E-state index contributed by atoms with van der Waals surface area (Å²) in [6, 6.07) is 10.5. The third kappa shape index (κ3) is 1.47. The van der Waals surface area contributed by atoms with Crippen LogP contribution in [0.1, 0.15) is 18.9 Å². The van der Waals surface area contributed by atoms with Crippen molar-refractivity contribution in [3.63, 3.8) is 0 Å². The van der Waals surface area contributed by atoms with Gasteiger partial charge in [-0.15, -0.1) is 0 Å². The average molecular weight is 189 g/mol. The normalized spacial score (nSPS) is 14.0. The number of rotatable bonds is 3. The van der Waals surface area contributed by atoms with Gasteiger partial charge in [0.15, 0.2) is 5.41 Å². The lowest BCUT2D eigenvalue weighted by atomic mass is 9.80. The third-order valence-electron chi connectivity index (χ3n) is 2.35. The summed E-state index contributed by atoms with van der Waals surface area (Å²) >= 11 is 0. The quantitative estimate of drug-likeness (QED) is 0.790. The molecular formula is C11H11NO2. The summed E-state index contributed by atoms with van der Waals surface area (Å²) in [5.74, 6) is -1.09. The van der Waals surface area contributed by atoms with Gasteiger partial charge in [0.1, 0.15) is 0 Å². The second-order valence-corrected chi connectivity index (χ2v) is 3.04. The van der Waals surface area contributed by atoms with Gasteiger partial charge in [-0.3, -0.25) is 4.79 Å². The van der Waals surface area contributed by atoms with E-state index in [-0.39, 0.29) is 6.42 Å². The van der Waals surface area contributed by atoms with E-state index in [4.69, 9.17) is 10.4 Å². The molecule has 1 aromatic carbocycles. The molecule has 3 nitrogen and oxygen atoms in total. The van der Waals surface area contributed by atoms with Gasteiger partial charge in [0, 0.05) is 0 Å². The molecule has 0 saturated heterocycles. The zero-order valence-electron chi connectivity index (χ0n) is 7.90. The van der Waals surface area contributed by atoms with Crippen LogP contribution in [-0.2, 0) is 10.2 Å². The number of carboxylic acid groups (broad SMARTS) is 1. The molecule has 0 amide bonds. The van der Waals surface area contributed by atoms with E-state index in [9.17, 15) is 4.79 Å². The van der Waals surface area contributed by atoms with Gasteiger partial charge in [-0.05, 0) is 12.0 Å². The van der Waals surface area contributed by atoms with E-state index >= 15 is 0 Å². The maximum absolute atomic E-state index is 11.1. The van der Waals surface area contributed by atoms with Gasteiger partial charge in [0.05, 0.1) is 6.07 Å². The molecular weight excluding hydrogens is 178 g/mol. The summed E-state index contributed by atoms with van der Waals surface area (Å²) in [5.41, 5.74) is -0.862. The van der Waals surface area contributed by atoms with Gasteiger partial charge in [0.2, 0.25) is 0 Å². The molecule has 0 radical (unpaired) electrons. The van der Waals surface area contributed by atoms with Crippen molar-refractivity contribution in [1.29, 1.82) is 5.26 Å². The molecule has 1 aromatic rings. The van der Waals surface area contributed by atoms with Crippen molar-refractivity contribution < 1.29 is 9.90 Å². The number of carboxylic acids is 1. The minimum atomic E-state index is -1.40. The highest BCUT2D eigenvalue weighted by atomic mass is 16.4. The molecule has 0 bridgehead atoms. The monoisotopic (exact) mass is 189 g/mol. The van der Waals surface area contributed by atoms with Crippen molar-refractivity contribution in [2.75, 3.05) is 0 Å². The number of nitrogens with zero attached hydrogens (tertiary/aromatic N) is 1. The van der Waals surface area contributed by atoms with Gasteiger partial charge < -0.3 is 5.11 Å². The van der Waals surface area contributed by atoms with Crippen LogP contribution in [0.3, 0.4) is 0 Å². The fourth-order valence-electron chi connectivity index (χ4n) is 1.39. The summed E-state index contributed by atoms with van der Waals surface area (Å²) in [6.07, 6.45) is 0.267. The second kappa shape index (κ2) is 3.93. The van der Waals surface area contributed by atoms with E-state index < -0.39 is 11.4 Å². The largest absolute Gasteiger partial charge is 0.480 e. The highest BCUT2D eigenvalue weighted by Gasteiger charge is 2.38. The lowest BCUT2D eigenvalue weighted by Crippen LogP contribution is -2.33. The molecule has 14 heavy (non-hydrogen) atoms. The molecule has 0 fully saturated rings. The minimum Gasteiger partial charge on any atom is -0.480 e. The van der Waals surface area contributed by atoms with Gasteiger partial charge in [-0.1, -0.05) is 37.3 Å². The molecule has 1 atom stereocenters. The van der Waals surface area contributed by atoms with Crippen LogP contribution in [0.5, 0.6) is 0 Å². The zero-order chi connectivity index (χ0) is 10.6. The molecule has 0 aliphatic heterocycles. The van der Waals surface area contributed by atoms with E-state index in [1.165, 1.54) is 0 Å². The van der Waals surface area contributed by atoms with Crippen molar-refractivity contribution in [2.45, 2.75) is 18.8 Å². The predicted molar refractivity (Wildman–Crippen MR) is 51.7 cm³/mol. The van der Waals surface area contributed by atoms with Gasteiger partial charge in [-0.2, -0.15) is 5.26 Å². The van der Waals surface area contributed by atoms with Gasteiger partial charge >= 0.3 is 5.97 Å². The first-order valence-electron chi connectivity index (χ1n) is 4.37. The predicted octanol–water partition coefficient (Wildman–Crippen LogP) is 1.94. The number of hydrogen-bond acceptors (Lipinski definition) is 2. The van der Waals surface area contributed by atoms with Gasteiger partial charge in [0.25, 0.3) is 0 Å². The average Bonchev–Trinajstić information content (AvgIpc) is 2.22. The second-order valence-electron chi connectivity index (χ2n) is 3.04. The molecule has 0 heterocycles. The maximum atomic E-state index is 11.1. The molecule has 3 heteroatoms. The molecule has 1 rings (SSSR count). The van der Waals surface area contributed by atoms with Crippen LogP contribution in [0, 0.1) is 11.3 Å². The van der Waals surface area contributed by atoms with Crippen molar-refractivity contribution >= 4 is 5.97 Å². The van der Waals surface area contributed by atoms with Gasteiger partial charge in [-0.25, -0.2) is 0 Å². The van der Waals surface area contributed by atoms with E-state index in [1.807, 2.05) is 6.07 Å². The first kappa shape index (κ1) is 10.3. The Bertz CT molecular complexity index is 367. The first-order valence-corrected chi connectivity index (χ1v) is 4.37. The highest BCUT2D eigenvalue weighted by Crippen LogP contribution is 2.27. The van der Waals surface area contributed by atoms with Crippen LogP contribution in [0.15, 0.2) is 30.3 Å². The molecule has 0 aliphatic rings. The van der Waals surface area contributed by atoms with Crippen LogP contribution in [0.4, 0.5) is 0 Å². The number of nitriles is 1. The summed E-state index contributed by atoms with van der Waals surface area (Å²) < 4.78 is 0. The minimum absolute atomic E-state index is 0.267. The molecule has 1 N–H and O–H groups in total. The van der Waals surface area contributed by atoms with Crippen molar-refractivity contribution in [2.24, 2.45) is 0 Å². The Morgan fingerprint density at radius 2 is 2.07 bits per heavy atom. The Kier molecular flexibility index (Phi) is 2.88. The number of hydrogen-bond donors (Lipinski definition) is 1. The van der Waals surface area contributed by atoms with Crippen LogP contribution in [0.25, 0.3) is 0 Å². The van der Waals surface area contributed by atoms with E-state index in [0.29, 0.717) is 5.56 Å². The van der Waals surface area contributed by atoms with Crippen LogP contribution < -0.4 is 0 Å². The molecule has 0 aliphatic carbocycles. The Labute approximate surface area is 82.6 Å². The fourth-order valence-corrected chi connectivity index (χ4v) is 1.39. The molecule has 0 unspecified atom stereocenters. The number of carbonyl (C=O) groups is 1. The lowest BCUT2D eigenvalue weighted by Gasteiger charge is -2.19. The molecule has 72 valence electrons. The third-order valence-corrected chi connectivity index (χ3v) is 2.35. The highest BCUT2D eigenvalue weighted by molar-refractivity contribution is 5.85. The maximum Gasteiger partial charge on any atom is 0.328 e. The van der Waals surface area contributed by atoms with Crippen LogP contribution in [-0.4, -0.2) is 11.1 Å².